The van der Waals surface area contributed by atoms with Gasteiger partial charge in [-0.15, -0.1) is 0 Å². The number of rotatable bonds is 8. The van der Waals surface area contributed by atoms with Crippen LogP contribution in [0.25, 0.3) is 0 Å². The van der Waals surface area contributed by atoms with Gasteiger partial charge in [-0.25, -0.2) is 0 Å². The van der Waals surface area contributed by atoms with Crippen molar-refractivity contribution < 1.29 is 4.74 Å². The monoisotopic (exact) mass is 304 g/mol. The first-order chi connectivity index (χ1) is 10.7. The lowest BCUT2D eigenvalue weighted by Crippen LogP contribution is -2.45. The number of ether oxygens (including phenoxy) is 1. The topological polar surface area (TPSA) is 15.7 Å². The molecule has 1 aromatic rings. The zero-order chi connectivity index (χ0) is 15.8. The van der Waals surface area contributed by atoms with E-state index in [1.54, 1.807) is 0 Å². The lowest BCUT2D eigenvalue weighted by atomic mass is 10.1. The van der Waals surface area contributed by atoms with E-state index in [1.807, 2.05) is 0 Å². The van der Waals surface area contributed by atoms with E-state index in [0.29, 0.717) is 5.92 Å². The van der Waals surface area contributed by atoms with E-state index < -0.39 is 0 Å². The molecule has 0 N–H and O–H groups in total. The van der Waals surface area contributed by atoms with Gasteiger partial charge in [0, 0.05) is 32.7 Å². The van der Waals surface area contributed by atoms with Gasteiger partial charge < -0.3 is 14.5 Å². The summed E-state index contributed by atoms with van der Waals surface area (Å²) in [6, 6.07) is 8.68. The SMILES string of the molecule is CCC[C@@H](C)COc1ccc(CCN2CCN(C)CC2)cc1. The molecule has 0 saturated carbocycles. The highest BCUT2D eigenvalue weighted by atomic mass is 16.5. The Labute approximate surface area is 136 Å². The van der Waals surface area contributed by atoms with Crippen LogP contribution in [-0.2, 0) is 6.42 Å². The average molecular weight is 304 g/mol. The highest BCUT2D eigenvalue weighted by Gasteiger charge is 2.13. The van der Waals surface area contributed by atoms with Gasteiger partial charge in [-0.2, -0.15) is 0 Å². The van der Waals surface area contributed by atoms with Crippen LogP contribution in [0.4, 0.5) is 0 Å². The van der Waals surface area contributed by atoms with Crippen LogP contribution in [0.3, 0.4) is 0 Å². The molecule has 22 heavy (non-hydrogen) atoms. The summed E-state index contributed by atoms with van der Waals surface area (Å²) in [5, 5.41) is 0. The zero-order valence-corrected chi connectivity index (χ0v) is 14.6. The van der Waals surface area contributed by atoms with Crippen LogP contribution in [0.5, 0.6) is 5.75 Å². The number of hydrogen-bond acceptors (Lipinski definition) is 3. The molecule has 1 saturated heterocycles. The lowest BCUT2D eigenvalue weighted by Gasteiger charge is -2.32. The molecule has 124 valence electrons. The second-order valence-corrected chi connectivity index (χ2v) is 6.74. The zero-order valence-electron chi connectivity index (χ0n) is 14.6. The third-order valence-electron chi connectivity index (χ3n) is 4.55. The summed E-state index contributed by atoms with van der Waals surface area (Å²) in [7, 11) is 2.21. The first-order valence-electron chi connectivity index (χ1n) is 8.80. The Morgan fingerprint density at radius 2 is 1.77 bits per heavy atom. The lowest BCUT2D eigenvalue weighted by molar-refractivity contribution is 0.155. The second kappa shape index (κ2) is 9.16. The molecule has 1 aliphatic rings. The summed E-state index contributed by atoms with van der Waals surface area (Å²) in [4.78, 5) is 4.97. The molecule has 0 spiro atoms. The Morgan fingerprint density at radius 3 is 2.41 bits per heavy atom. The van der Waals surface area contributed by atoms with E-state index in [2.05, 4.69) is 55.0 Å². The number of likely N-dealkylation sites (N-methyl/N-ethyl adjacent to an activating group) is 1. The van der Waals surface area contributed by atoms with Crippen molar-refractivity contribution in [1.29, 1.82) is 0 Å². The van der Waals surface area contributed by atoms with Gasteiger partial charge >= 0.3 is 0 Å². The van der Waals surface area contributed by atoms with Crippen LogP contribution in [0.1, 0.15) is 32.3 Å². The summed E-state index contributed by atoms with van der Waals surface area (Å²) in [6.07, 6.45) is 3.61. The third kappa shape index (κ3) is 5.98. The van der Waals surface area contributed by atoms with Gasteiger partial charge in [0.15, 0.2) is 0 Å². The standard InChI is InChI=1S/C19H32N2O/c1-4-5-17(2)16-22-19-8-6-18(7-9-19)10-11-21-14-12-20(3)13-15-21/h6-9,17H,4-5,10-16H2,1-3H3/t17-/m1/s1. The Hall–Kier alpha value is -1.06. The fourth-order valence-corrected chi connectivity index (χ4v) is 2.93. The van der Waals surface area contributed by atoms with Crippen molar-refractivity contribution in [3.05, 3.63) is 29.8 Å². The van der Waals surface area contributed by atoms with Crippen LogP contribution in [-0.4, -0.2) is 56.2 Å². The van der Waals surface area contributed by atoms with Gasteiger partial charge in [0.2, 0.25) is 0 Å². The molecule has 1 atom stereocenters. The van der Waals surface area contributed by atoms with Gasteiger partial charge in [-0.3, -0.25) is 0 Å². The highest BCUT2D eigenvalue weighted by molar-refractivity contribution is 5.27. The van der Waals surface area contributed by atoms with Crippen molar-refractivity contribution in [3.63, 3.8) is 0 Å². The fraction of sp³-hybridized carbons (Fsp3) is 0.684. The van der Waals surface area contributed by atoms with Crippen molar-refractivity contribution in [2.45, 2.75) is 33.1 Å². The van der Waals surface area contributed by atoms with E-state index >= 15 is 0 Å². The van der Waals surface area contributed by atoms with Crippen molar-refractivity contribution in [1.82, 2.24) is 9.80 Å². The molecule has 0 aliphatic carbocycles. The Bertz CT molecular complexity index is 410. The van der Waals surface area contributed by atoms with Gasteiger partial charge in [0.25, 0.3) is 0 Å². The molecule has 3 heteroatoms. The summed E-state index contributed by atoms with van der Waals surface area (Å²) >= 11 is 0. The molecular formula is C19H32N2O. The van der Waals surface area contributed by atoms with E-state index in [9.17, 15) is 0 Å². The first-order valence-corrected chi connectivity index (χ1v) is 8.80. The minimum atomic E-state index is 0.641. The van der Waals surface area contributed by atoms with Gasteiger partial charge in [-0.05, 0) is 43.5 Å². The molecular weight excluding hydrogens is 272 g/mol. The second-order valence-electron chi connectivity index (χ2n) is 6.74. The quantitative estimate of drug-likeness (QED) is 0.733. The fourth-order valence-electron chi connectivity index (χ4n) is 2.93. The highest BCUT2D eigenvalue weighted by Crippen LogP contribution is 2.15. The molecule has 0 amide bonds. The Balaban J connectivity index is 1.70. The van der Waals surface area contributed by atoms with Gasteiger partial charge in [0.1, 0.15) is 5.75 Å². The Morgan fingerprint density at radius 1 is 1.09 bits per heavy atom. The number of nitrogens with zero attached hydrogens (tertiary/aromatic N) is 2. The largest absolute Gasteiger partial charge is 0.493 e. The van der Waals surface area contributed by atoms with Crippen molar-refractivity contribution in [2.24, 2.45) is 5.92 Å². The van der Waals surface area contributed by atoms with Crippen molar-refractivity contribution >= 4 is 0 Å². The summed E-state index contributed by atoms with van der Waals surface area (Å²) in [5.41, 5.74) is 1.41. The van der Waals surface area contributed by atoms with Crippen LogP contribution in [0.2, 0.25) is 0 Å². The van der Waals surface area contributed by atoms with Gasteiger partial charge in [0.05, 0.1) is 6.61 Å². The molecule has 1 heterocycles. The minimum absolute atomic E-state index is 0.641. The van der Waals surface area contributed by atoms with E-state index in [0.717, 1.165) is 18.8 Å². The molecule has 3 nitrogen and oxygen atoms in total. The maximum Gasteiger partial charge on any atom is 0.119 e. The maximum atomic E-state index is 5.87. The summed E-state index contributed by atoms with van der Waals surface area (Å²) in [5.74, 6) is 1.65. The van der Waals surface area contributed by atoms with Crippen LogP contribution in [0.15, 0.2) is 24.3 Å². The summed E-state index contributed by atoms with van der Waals surface area (Å²) in [6.45, 7) is 11.3. The molecule has 1 aromatic carbocycles. The van der Waals surface area contributed by atoms with E-state index in [-0.39, 0.29) is 0 Å². The van der Waals surface area contributed by atoms with E-state index in [1.165, 1.54) is 51.1 Å². The molecule has 0 radical (unpaired) electrons. The summed E-state index contributed by atoms with van der Waals surface area (Å²) < 4.78 is 5.87. The first kappa shape index (κ1) is 17.3. The molecule has 1 aliphatic heterocycles. The Kier molecular flexibility index (Phi) is 7.20. The smallest absolute Gasteiger partial charge is 0.119 e. The molecule has 2 rings (SSSR count). The molecule has 0 aromatic heterocycles. The minimum Gasteiger partial charge on any atom is -0.493 e. The normalized spacial score (nSPS) is 18.3. The predicted molar refractivity (Wildman–Crippen MR) is 93.7 cm³/mol. The van der Waals surface area contributed by atoms with Crippen LogP contribution in [0, 0.1) is 5.92 Å². The maximum absolute atomic E-state index is 5.87. The average Bonchev–Trinajstić information content (AvgIpc) is 2.54. The molecule has 1 fully saturated rings. The predicted octanol–water partition coefficient (Wildman–Crippen LogP) is 3.29. The number of hydrogen-bond donors (Lipinski definition) is 0. The van der Waals surface area contributed by atoms with Crippen LogP contribution >= 0.6 is 0 Å². The number of benzene rings is 1. The third-order valence-corrected chi connectivity index (χ3v) is 4.55. The van der Waals surface area contributed by atoms with E-state index in [4.69, 9.17) is 4.74 Å². The molecule has 0 bridgehead atoms. The van der Waals surface area contributed by atoms with Crippen LogP contribution < -0.4 is 4.74 Å². The van der Waals surface area contributed by atoms with Crippen molar-refractivity contribution in [3.8, 4) is 5.75 Å². The van der Waals surface area contributed by atoms with Gasteiger partial charge in [-0.1, -0.05) is 32.4 Å². The van der Waals surface area contributed by atoms with Crippen molar-refractivity contribution in [2.75, 3.05) is 46.4 Å². The molecule has 0 unspecified atom stereocenters. The number of piperazine rings is 1.